The summed E-state index contributed by atoms with van der Waals surface area (Å²) in [6.45, 7) is 3.05. The Labute approximate surface area is 192 Å². The molecule has 0 aromatic heterocycles. The molecule has 30 heavy (non-hydrogen) atoms. The number of halogens is 4. The van der Waals surface area contributed by atoms with Crippen LogP contribution in [0.25, 0.3) is 0 Å². The molecule has 0 heterocycles. The molecule has 2 N–H and O–H groups in total. The van der Waals surface area contributed by atoms with Gasteiger partial charge in [-0.25, -0.2) is 0 Å². The van der Waals surface area contributed by atoms with Gasteiger partial charge >= 0.3 is 6.18 Å². The first-order chi connectivity index (χ1) is 13.9. The molecule has 0 fully saturated rings. The third-order valence-electron chi connectivity index (χ3n) is 3.97. The number of ether oxygens (including phenoxy) is 2. The quantitative estimate of drug-likeness (QED) is 0.278. The van der Waals surface area contributed by atoms with E-state index in [2.05, 4.69) is 15.6 Å². The van der Waals surface area contributed by atoms with E-state index in [0.29, 0.717) is 32.3 Å². The van der Waals surface area contributed by atoms with Gasteiger partial charge in [0.15, 0.2) is 12.6 Å². The topological polar surface area (TPSA) is 54.9 Å². The molecule has 0 amide bonds. The zero-order valence-corrected chi connectivity index (χ0v) is 19.3. The van der Waals surface area contributed by atoms with Crippen LogP contribution in [-0.2, 0) is 24.4 Å². The van der Waals surface area contributed by atoms with Crippen molar-refractivity contribution in [3.8, 4) is 5.75 Å². The fourth-order valence-electron chi connectivity index (χ4n) is 2.43. The first-order valence-corrected chi connectivity index (χ1v) is 9.28. The number of alkyl halides is 3. The molecular weight excluding hydrogens is 510 g/mol. The third-order valence-corrected chi connectivity index (χ3v) is 3.97. The molecule has 0 aliphatic rings. The number of nitrogens with zero attached hydrogens (tertiary/aromatic N) is 1. The lowest BCUT2D eigenvalue weighted by Gasteiger charge is -2.13. The van der Waals surface area contributed by atoms with Crippen molar-refractivity contribution in [1.29, 1.82) is 0 Å². The van der Waals surface area contributed by atoms with Gasteiger partial charge in [0.25, 0.3) is 0 Å². The Bertz CT molecular complexity index is 767. The second-order valence-corrected chi connectivity index (χ2v) is 6.28. The van der Waals surface area contributed by atoms with Crippen molar-refractivity contribution >= 4 is 29.9 Å². The van der Waals surface area contributed by atoms with Crippen LogP contribution in [0.5, 0.6) is 5.75 Å². The maximum atomic E-state index is 12.2. The third kappa shape index (κ3) is 10.1. The Balaban J connectivity index is 0.00000450. The molecule has 166 valence electrons. The van der Waals surface area contributed by atoms with E-state index in [4.69, 9.17) is 9.47 Å². The Morgan fingerprint density at radius 2 is 1.40 bits per heavy atom. The number of nitrogens with one attached hydrogen (secondary N) is 2. The molecule has 0 bridgehead atoms. The molecule has 0 atom stereocenters. The second kappa shape index (κ2) is 13.3. The van der Waals surface area contributed by atoms with Gasteiger partial charge in [0.1, 0.15) is 5.75 Å². The van der Waals surface area contributed by atoms with E-state index < -0.39 is 12.8 Å². The summed E-state index contributed by atoms with van der Waals surface area (Å²) in [5.41, 5.74) is 3.13. The largest absolute Gasteiger partial charge is 0.484 e. The standard InChI is InChI=1S/C21H26F3N3O2.HI/c1-3-28-14-18-6-4-16(5-7-18)12-26-20(25-2)27-13-17-8-10-19(11-9-17)29-15-21(22,23)24;/h4-11H,3,12-15H2,1-2H3,(H2,25,26,27);1H. The lowest BCUT2D eigenvalue weighted by molar-refractivity contribution is -0.153. The Kier molecular flexibility index (Phi) is 11.6. The van der Waals surface area contributed by atoms with Crippen molar-refractivity contribution in [3.05, 3.63) is 65.2 Å². The van der Waals surface area contributed by atoms with Gasteiger partial charge in [0.05, 0.1) is 6.61 Å². The molecule has 5 nitrogen and oxygen atoms in total. The SMILES string of the molecule is CCOCc1ccc(CNC(=NC)NCc2ccc(OCC(F)(F)F)cc2)cc1.I. The summed E-state index contributed by atoms with van der Waals surface area (Å²) >= 11 is 0. The summed E-state index contributed by atoms with van der Waals surface area (Å²) in [5, 5.41) is 6.39. The highest BCUT2D eigenvalue weighted by atomic mass is 127. The number of guanidine groups is 1. The van der Waals surface area contributed by atoms with Crippen LogP contribution in [0.15, 0.2) is 53.5 Å². The second-order valence-electron chi connectivity index (χ2n) is 6.28. The predicted molar refractivity (Wildman–Crippen MR) is 122 cm³/mol. The van der Waals surface area contributed by atoms with E-state index in [1.165, 1.54) is 12.1 Å². The zero-order valence-electron chi connectivity index (χ0n) is 17.0. The van der Waals surface area contributed by atoms with Crippen LogP contribution in [0, 0.1) is 0 Å². The molecule has 0 aliphatic carbocycles. The van der Waals surface area contributed by atoms with Crippen LogP contribution in [0.1, 0.15) is 23.6 Å². The van der Waals surface area contributed by atoms with Crippen molar-refractivity contribution in [1.82, 2.24) is 10.6 Å². The normalized spacial score (nSPS) is 11.6. The van der Waals surface area contributed by atoms with E-state index in [0.717, 1.165) is 16.7 Å². The number of hydrogen-bond acceptors (Lipinski definition) is 3. The summed E-state index contributed by atoms with van der Waals surface area (Å²) in [5.74, 6) is 0.808. The molecule has 2 aromatic carbocycles. The fraction of sp³-hybridized carbons (Fsp3) is 0.381. The van der Waals surface area contributed by atoms with Crippen LogP contribution in [-0.4, -0.2) is 32.4 Å². The summed E-state index contributed by atoms with van der Waals surface area (Å²) in [6, 6.07) is 14.6. The number of rotatable bonds is 9. The first-order valence-electron chi connectivity index (χ1n) is 9.28. The van der Waals surface area contributed by atoms with Crippen molar-refractivity contribution < 1.29 is 22.6 Å². The molecule has 0 radical (unpaired) electrons. The van der Waals surface area contributed by atoms with Gasteiger partial charge in [-0.3, -0.25) is 4.99 Å². The fourth-order valence-corrected chi connectivity index (χ4v) is 2.43. The molecule has 0 spiro atoms. The summed E-state index contributed by atoms with van der Waals surface area (Å²) in [4.78, 5) is 4.18. The van der Waals surface area contributed by atoms with Crippen LogP contribution >= 0.6 is 24.0 Å². The Hall–Kier alpha value is -2.01. The van der Waals surface area contributed by atoms with Crippen LogP contribution in [0.4, 0.5) is 13.2 Å². The van der Waals surface area contributed by atoms with E-state index in [1.54, 1.807) is 19.2 Å². The highest BCUT2D eigenvalue weighted by Gasteiger charge is 2.28. The molecule has 2 aromatic rings. The molecule has 0 saturated heterocycles. The van der Waals surface area contributed by atoms with Gasteiger partial charge in [0.2, 0.25) is 0 Å². The van der Waals surface area contributed by atoms with E-state index >= 15 is 0 Å². The van der Waals surface area contributed by atoms with Gasteiger partial charge in [-0.2, -0.15) is 13.2 Å². The minimum Gasteiger partial charge on any atom is -0.484 e. The van der Waals surface area contributed by atoms with Gasteiger partial charge in [-0.05, 0) is 35.7 Å². The summed E-state index contributed by atoms with van der Waals surface area (Å²) < 4.78 is 46.6. The Morgan fingerprint density at radius 1 is 0.900 bits per heavy atom. The predicted octanol–water partition coefficient (Wildman–Crippen LogP) is 4.65. The lowest BCUT2D eigenvalue weighted by atomic mass is 10.1. The highest BCUT2D eigenvalue weighted by Crippen LogP contribution is 2.18. The lowest BCUT2D eigenvalue weighted by Crippen LogP contribution is -2.36. The maximum Gasteiger partial charge on any atom is 0.422 e. The van der Waals surface area contributed by atoms with Crippen LogP contribution in [0.3, 0.4) is 0 Å². The maximum absolute atomic E-state index is 12.2. The van der Waals surface area contributed by atoms with E-state index in [9.17, 15) is 13.2 Å². The average Bonchev–Trinajstić information content (AvgIpc) is 2.72. The molecule has 0 saturated carbocycles. The van der Waals surface area contributed by atoms with Crippen molar-refractivity contribution in [2.75, 3.05) is 20.3 Å². The molecular formula is C21H27F3IN3O2. The molecule has 0 unspecified atom stereocenters. The van der Waals surface area contributed by atoms with Gasteiger partial charge in [-0.1, -0.05) is 36.4 Å². The zero-order chi connectivity index (χ0) is 21.1. The van der Waals surface area contributed by atoms with Gasteiger partial charge in [0, 0.05) is 26.7 Å². The van der Waals surface area contributed by atoms with Gasteiger partial charge < -0.3 is 20.1 Å². The van der Waals surface area contributed by atoms with E-state index in [1.807, 2.05) is 31.2 Å². The molecule has 0 aliphatic heterocycles. The van der Waals surface area contributed by atoms with Crippen molar-refractivity contribution in [2.45, 2.75) is 32.8 Å². The number of benzene rings is 2. The highest BCUT2D eigenvalue weighted by molar-refractivity contribution is 14.0. The van der Waals surface area contributed by atoms with Gasteiger partial charge in [-0.15, -0.1) is 24.0 Å². The number of hydrogen-bond donors (Lipinski definition) is 2. The first kappa shape index (κ1) is 26.0. The average molecular weight is 537 g/mol. The molecule has 2 rings (SSSR count). The van der Waals surface area contributed by atoms with Crippen LogP contribution in [0.2, 0.25) is 0 Å². The van der Waals surface area contributed by atoms with Crippen molar-refractivity contribution in [2.24, 2.45) is 4.99 Å². The molecule has 9 heteroatoms. The van der Waals surface area contributed by atoms with Crippen molar-refractivity contribution in [3.63, 3.8) is 0 Å². The monoisotopic (exact) mass is 537 g/mol. The number of aliphatic imine (C=N–C) groups is 1. The Morgan fingerprint density at radius 3 is 1.87 bits per heavy atom. The summed E-state index contributed by atoms with van der Waals surface area (Å²) in [6.07, 6.45) is -4.35. The smallest absolute Gasteiger partial charge is 0.422 e. The minimum atomic E-state index is -4.35. The van der Waals surface area contributed by atoms with E-state index in [-0.39, 0.29) is 29.7 Å². The minimum absolute atomic E-state index is 0. The summed E-state index contributed by atoms with van der Waals surface area (Å²) in [7, 11) is 1.68. The van der Waals surface area contributed by atoms with Crippen LogP contribution < -0.4 is 15.4 Å².